The van der Waals surface area contributed by atoms with Crippen molar-refractivity contribution in [3.8, 4) is 0 Å². The minimum Gasteiger partial charge on any atom is -0.452 e. The highest BCUT2D eigenvalue weighted by Crippen LogP contribution is 2.61. The number of pyridine rings is 1. The highest BCUT2D eigenvalue weighted by atomic mass is 16.5. The molecule has 4 aliphatic carbocycles. The van der Waals surface area contributed by atoms with Crippen LogP contribution in [-0.4, -0.2) is 29.5 Å². The minimum atomic E-state index is -0.657. The third-order valence-electron chi connectivity index (χ3n) is 7.69. The zero-order valence-corrected chi connectivity index (χ0v) is 17.3. The van der Waals surface area contributed by atoms with Gasteiger partial charge in [-0.05, 0) is 74.7 Å². The van der Waals surface area contributed by atoms with E-state index in [2.05, 4.69) is 17.2 Å². The van der Waals surface area contributed by atoms with E-state index < -0.39 is 5.97 Å². The molecule has 4 aliphatic rings. The molecule has 6 nitrogen and oxygen atoms in total. The van der Waals surface area contributed by atoms with Crippen molar-refractivity contribution in [2.75, 3.05) is 6.61 Å². The van der Waals surface area contributed by atoms with E-state index in [1.165, 1.54) is 44.6 Å². The van der Waals surface area contributed by atoms with Crippen LogP contribution >= 0.6 is 0 Å². The molecule has 0 unspecified atom stereocenters. The van der Waals surface area contributed by atoms with Gasteiger partial charge in [-0.2, -0.15) is 0 Å². The number of esters is 1. The van der Waals surface area contributed by atoms with Gasteiger partial charge in [-0.15, -0.1) is 0 Å². The maximum atomic E-state index is 12.6. The molecule has 0 spiro atoms. The number of para-hydroxylation sites is 1. The number of nitrogens with one attached hydrogen (secondary N) is 2. The Bertz CT molecular complexity index is 1020. The smallest absolute Gasteiger partial charge is 0.339 e. The van der Waals surface area contributed by atoms with Gasteiger partial charge >= 0.3 is 5.97 Å². The van der Waals surface area contributed by atoms with E-state index in [-0.39, 0.29) is 35.1 Å². The van der Waals surface area contributed by atoms with Crippen molar-refractivity contribution in [2.45, 2.75) is 51.5 Å². The number of carbonyl (C=O) groups excluding carboxylic acids is 2. The van der Waals surface area contributed by atoms with Gasteiger partial charge in [0.2, 0.25) is 5.56 Å². The molecule has 6 rings (SSSR count). The van der Waals surface area contributed by atoms with Gasteiger partial charge < -0.3 is 15.0 Å². The lowest BCUT2D eigenvalue weighted by molar-refractivity contribution is -0.128. The average molecular weight is 408 g/mol. The predicted octanol–water partition coefficient (Wildman–Crippen LogP) is 3.41. The topological polar surface area (TPSA) is 88.3 Å². The Kier molecular flexibility index (Phi) is 4.68. The number of carbonyl (C=O) groups is 2. The molecule has 6 heteroatoms. The van der Waals surface area contributed by atoms with Crippen LogP contribution in [0.3, 0.4) is 0 Å². The van der Waals surface area contributed by atoms with E-state index in [4.69, 9.17) is 4.74 Å². The summed E-state index contributed by atoms with van der Waals surface area (Å²) in [7, 11) is 0. The Hall–Kier alpha value is -2.63. The van der Waals surface area contributed by atoms with Crippen molar-refractivity contribution < 1.29 is 14.3 Å². The molecule has 4 bridgehead atoms. The summed E-state index contributed by atoms with van der Waals surface area (Å²) < 4.78 is 5.27. The number of hydrogen-bond donors (Lipinski definition) is 2. The normalized spacial score (nSPS) is 30.2. The first-order valence-corrected chi connectivity index (χ1v) is 11.0. The number of aromatic amines is 1. The minimum absolute atomic E-state index is 0.0810. The van der Waals surface area contributed by atoms with Gasteiger partial charge in [-0.3, -0.25) is 9.59 Å². The number of rotatable bonds is 5. The van der Waals surface area contributed by atoms with Crippen molar-refractivity contribution in [1.29, 1.82) is 0 Å². The van der Waals surface area contributed by atoms with Gasteiger partial charge in [-0.25, -0.2) is 4.79 Å². The monoisotopic (exact) mass is 408 g/mol. The summed E-state index contributed by atoms with van der Waals surface area (Å²) >= 11 is 0. The highest BCUT2D eigenvalue weighted by molar-refractivity contribution is 6.03. The van der Waals surface area contributed by atoms with Crippen LogP contribution in [0.1, 0.15) is 55.8 Å². The summed E-state index contributed by atoms with van der Waals surface area (Å²) in [6, 6.07) is 8.35. The maximum Gasteiger partial charge on any atom is 0.339 e. The summed E-state index contributed by atoms with van der Waals surface area (Å²) in [4.78, 5) is 39.7. The summed E-state index contributed by atoms with van der Waals surface area (Å²) in [5.41, 5.74) is 0.575. The molecule has 2 aromatic rings. The van der Waals surface area contributed by atoms with E-state index in [9.17, 15) is 14.4 Å². The second kappa shape index (κ2) is 7.25. The molecule has 0 saturated heterocycles. The second-order valence-electron chi connectivity index (χ2n) is 9.74. The number of aromatic nitrogens is 1. The molecule has 1 atom stereocenters. The van der Waals surface area contributed by atoms with Crippen molar-refractivity contribution in [3.63, 3.8) is 0 Å². The number of benzene rings is 1. The zero-order chi connectivity index (χ0) is 20.9. The van der Waals surface area contributed by atoms with Gasteiger partial charge in [0, 0.05) is 23.0 Å². The Morgan fingerprint density at radius 3 is 2.43 bits per heavy atom. The van der Waals surface area contributed by atoms with Crippen LogP contribution in [0.5, 0.6) is 0 Å². The summed E-state index contributed by atoms with van der Waals surface area (Å²) in [5.74, 6) is 1.52. The molecule has 4 fully saturated rings. The molecule has 2 N–H and O–H groups in total. The number of fused-ring (bicyclic) bond motifs is 1. The first-order valence-electron chi connectivity index (χ1n) is 11.0. The average Bonchev–Trinajstić information content (AvgIpc) is 2.70. The summed E-state index contributed by atoms with van der Waals surface area (Å²) in [6.07, 6.45) is 7.71. The lowest BCUT2D eigenvalue weighted by Gasteiger charge is -2.59. The van der Waals surface area contributed by atoms with Gasteiger partial charge in [0.25, 0.3) is 5.91 Å². The SMILES string of the molecule is C[C@H](NC(=O)COC(=O)c1cc(=O)[nH]c2ccccc12)C12CC3CC(CC(C3)C1)C2. The first-order chi connectivity index (χ1) is 14.4. The van der Waals surface area contributed by atoms with Crippen molar-refractivity contribution in [1.82, 2.24) is 10.3 Å². The molecule has 0 radical (unpaired) electrons. The van der Waals surface area contributed by atoms with Gasteiger partial charge in [-0.1, -0.05) is 18.2 Å². The van der Waals surface area contributed by atoms with Crippen molar-refractivity contribution >= 4 is 22.8 Å². The van der Waals surface area contributed by atoms with Crippen LogP contribution in [0.25, 0.3) is 10.9 Å². The van der Waals surface area contributed by atoms with E-state index in [0.717, 1.165) is 17.8 Å². The van der Waals surface area contributed by atoms with E-state index in [1.807, 2.05) is 0 Å². The predicted molar refractivity (Wildman–Crippen MR) is 113 cm³/mol. The standard InChI is InChI=1S/C24H28N2O4/c1-14(24-10-15-6-16(11-24)8-17(7-15)12-24)25-22(28)13-30-23(29)19-9-21(27)26-20-5-3-2-4-18(19)20/h2-5,9,14-17H,6-8,10-13H2,1H3,(H,25,28)(H,26,27)/t14-,15?,16?,17?,24?/m0/s1. The summed E-state index contributed by atoms with van der Waals surface area (Å²) in [5, 5.41) is 3.71. The van der Waals surface area contributed by atoms with Gasteiger partial charge in [0.1, 0.15) is 0 Å². The van der Waals surface area contributed by atoms with E-state index in [1.54, 1.807) is 24.3 Å². The van der Waals surface area contributed by atoms with Crippen molar-refractivity contribution in [3.05, 3.63) is 46.2 Å². The van der Waals surface area contributed by atoms with Crippen LogP contribution in [0.15, 0.2) is 35.1 Å². The zero-order valence-electron chi connectivity index (χ0n) is 17.3. The Morgan fingerprint density at radius 1 is 1.13 bits per heavy atom. The Morgan fingerprint density at radius 2 is 1.77 bits per heavy atom. The van der Waals surface area contributed by atoms with E-state index >= 15 is 0 Å². The van der Waals surface area contributed by atoms with Crippen LogP contribution < -0.4 is 10.9 Å². The fourth-order valence-electron chi connectivity index (χ4n) is 6.73. The first kappa shape index (κ1) is 19.3. The lowest BCUT2D eigenvalue weighted by Crippen LogP contribution is -2.56. The molecule has 158 valence electrons. The van der Waals surface area contributed by atoms with Crippen LogP contribution in [-0.2, 0) is 9.53 Å². The van der Waals surface area contributed by atoms with Crippen LogP contribution in [0.4, 0.5) is 0 Å². The fourth-order valence-corrected chi connectivity index (χ4v) is 6.73. The lowest BCUT2D eigenvalue weighted by atomic mass is 9.48. The summed E-state index contributed by atoms with van der Waals surface area (Å²) in [6.45, 7) is 1.77. The highest BCUT2D eigenvalue weighted by Gasteiger charge is 2.53. The second-order valence-corrected chi connectivity index (χ2v) is 9.74. The Labute approximate surface area is 175 Å². The molecule has 4 saturated carbocycles. The fraction of sp³-hybridized carbons (Fsp3) is 0.542. The number of ether oxygens (including phenoxy) is 1. The Balaban J connectivity index is 1.23. The molecule has 1 aromatic heterocycles. The maximum absolute atomic E-state index is 12.6. The van der Waals surface area contributed by atoms with Gasteiger partial charge in [0.05, 0.1) is 5.56 Å². The molecule has 1 amide bonds. The molecule has 30 heavy (non-hydrogen) atoms. The van der Waals surface area contributed by atoms with Crippen molar-refractivity contribution in [2.24, 2.45) is 23.2 Å². The van der Waals surface area contributed by atoms with E-state index in [0.29, 0.717) is 10.9 Å². The number of H-pyrrole nitrogens is 1. The molecule has 1 heterocycles. The molecule has 1 aromatic carbocycles. The molecule has 0 aliphatic heterocycles. The van der Waals surface area contributed by atoms with Gasteiger partial charge in [0.15, 0.2) is 6.61 Å². The number of hydrogen-bond acceptors (Lipinski definition) is 4. The number of amides is 1. The third kappa shape index (κ3) is 3.42. The largest absolute Gasteiger partial charge is 0.452 e. The van der Waals surface area contributed by atoms with Crippen LogP contribution in [0.2, 0.25) is 0 Å². The third-order valence-corrected chi connectivity index (χ3v) is 7.69. The van der Waals surface area contributed by atoms with Crippen LogP contribution in [0, 0.1) is 23.2 Å². The quantitative estimate of drug-likeness (QED) is 0.742. The molecular weight excluding hydrogens is 380 g/mol. The molecular formula is C24H28N2O4.